The van der Waals surface area contributed by atoms with Crippen molar-refractivity contribution in [2.45, 2.75) is 12.7 Å². The van der Waals surface area contributed by atoms with E-state index >= 15 is 0 Å². The molecule has 0 bridgehead atoms. The van der Waals surface area contributed by atoms with Gasteiger partial charge < -0.3 is 9.84 Å². The molecule has 0 unspecified atom stereocenters. The molecule has 0 radical (unpaired) electrons. The molecule has 1 aromatic carbocycles. The van der Waals surface area contributed by atoms with E-state index < -0.39 is 17.6 Å². The van der Waals surface area contributed by atoms with Crippen molar-refractivity contribution in [2.75, 3.05) is 38.0 Å². The second kappa shape index (κ2) is 9.45. The summed E-state index contributed by atoms with van der Waals surface area (Å²) in [5.74, 6) is 0.481. The molecule has 0 spiro atoms. The first-order chi connectivity index (χ1) is 15.4. The van der Waals surface area contributed by atoms with Crippen molar-refractivity contribution >= 4 is 11.6 Å². The lowest BCUT2D eigenvalue weighted by Crippen LogP contribution is -2.48. The Morgan fingerprint density at radius 1 is 1.06 bits per heavy atom. The van der Waals surface area contributed by atoms with E-state index in [4.69, 9.17) is 4.52 Å². The molecular weight excluding hydrogens is 425 g/mol. The summed E-state index contributed by atoms with van der Waals surface area (Å²) < 4.78 is 44.6. The van der Waals surface area contributed by atoms with Crippen molar-refractivity contribution in [3.05, 3.63) is 60.2 Å². The summed E-state index contributed by atoms with van der Waals surface area (Å²) in [6, 6.07) is 8.59. The molecule has 32 heavy (non-hydrogen) atoms. The number of amides is 1. The maximum absolute atomic E-state index is 13.1. The number of anilines is 1. The van der Waals surface area contributed by atoms with Gasteiger partial charge >= 0.3 is 6.18 Å². The normalized spacial score (nSPS) is 15.6. The van der Waals surface area contributed by atoms with E-state index in [0.717, 1.165) is 11.6 Å². The Morgan fingerprint density at radius 2 is 1.81 bits per heavy atom. The average Bonchev–Trinajstić information content (AvgIpc) is 3.24. The van der Waals surface area contributed by atoms with E-state index in [2.05, 4.69) is 25.3 Å². The van der Waals surface area contributed by atoms with Gasteiger partial charge in [-0.25, -0.2) is 0 Å². The zero-order chi connectivity index (χ0) is 22.6. The Labute approximate surface area is 182 Å². The topological polar surface area (TPSA) is 87.4 Å². The molecule has 1 amide bonds. The SMILES string of the molecule is O=C(CN1CCN(Cc2nc(-c3cccnc3)no2)CC1)Nc1ccccc1C(F)(F)F. The summed E-state index contributed by atoms with van der Waals surface area (Å²) in [7, 11) is 0. The van der Waals surface area contributed by atoms with Crippen LogP contribution in [-0.2, 0) is 17.5 Å². The van der Waals surface area contributed by atoms with E-state index in [1.54, 1.807) is 18.5 Å². The van der Waals surface area contributed by atoms with Crippen molar-refractivity contribution in [2.24, 2.45) is 0 Å². The van der Waals surface area contributed by atoms with Gasteiger partial charge in [0.15, 0.2) is 0 Å². The number of alkyl halides is 3. The van der Waals surface area contributed by atoms with Gasteiger partial charge in [-0.15, -0.1) is 0 Å². The first-order valence-corrected chi connectivity index (χ1v) is 10.0. The van der Waals surface area contributed by atoms with Crippen LogP contribution >= 0.6 is 0 Å². The van der Waals surface area contributed by atoms with E-state index in [1.807, 2.05) is 11.0 Å². The Morgan fingerprint density at radius 3 is 2.53 bits per heavy atom. The highest BCUT2D eigenvalue weighted by atomic mass is 19.4. The lowest BCUT2D eigenvalue weighted by molar-refractivity contribution is -0.137. The molecule has 1 saturated heterocycles. The highest BCUT2D eigenvalue weighted by Crippen LogP contribution is 2.34. The summed E-state index contributed by atoms with van der Waals surface area (Å²) in [4.78, 5) is 24.7. The first-order valence-electron chi connectivity index (χ1n) is 10.0. The van der Waals surface area contributed by atoms with Crippen LogP contribution in [0.3, 0.4) is 0 Å². The number of carbonyl (C=O) groups is 1. The zero-order valence-corrected chi connectivity index (χ0v) is 17.0. The van der Waals surface area contributed by atoms with Gasteiger partial charge in [0.05, 0.1) is 24.3 Å². The number of benzene rings is 1. The first kappa shape index (κ1) is 21.9. The number of pyridine rings is 1. The molecule has 0 atom stereocenters. The van der Waals surface area contributed by atoms with Crippen LogP contribution in [0.15, 0.2) is 53.3 Å². The van der Waals surface area contributed by atoms with Crippen LogP contribution in [-0.4, -0.2) is 63.6 Å². The minimum Gasteiger partial charge on any atom is -0.338 e. The van der Waals surface area contributed by atoms with Crippen LogP contribution in [0.4, 0.5) is 18.9 Å². The number of hydrogen-bond acceptors (Lipinski definition) is 7. The van der Waals surface area contributed by atoms with E-state index in [9.17, 15) is 18.0 Å². The van der Waals surface area contributed by atoms with Gasteiger partial charge in [0.25, 0.3) is 0 Å². The van der Waals surface area contributed by atoms with Gasteiger partial charge in [-0.3, -0.25) is 19.6 Å². The second-order valence-corrected chi connectivity index (χ2v) is 7.40. The highest BCUT2D eigenvalue weighted by molar-refractivity contribution is 5.93. The molecule has 1 aliphatic heterocycles. The summed E-state index contributed by atoms with van der Waals surface area (Å²) in [6.45, 7) is 3.02. The zero-order valence-electron chi connectivity index (χ0n) is 17.0. The van der Waals surface area contributed by atoms with Crippen LogP contribution in [0.5, 0.6) is 0 Å². The molecular formula is C21H21F3N6O2. The molecule has 0 saturated carbocycles. The molecule has 3 heterocycles. The average molecular weight is 446 g/mol. The summed E-state index contributed by atoms with van der Waals surface area (Å²) in [5, 5.41) is 6.36. The van der Waals surface area contributed by atoms with Crippen LogP contribution in [0.25, 0.3) is 11.4 Å². The lowest BCUT2D eigenvalue weighted by atomic mass is 10.1. The number of piperazine rings is 1. The van der Waals surface area contributed by atoms with Crippen LogP contribution in [0.1, 0.15) is 11.5 Å². The number of nitrogens with one attached hydrogen (secondary N) is 1. The van der Waals surface area contributed by atoms with Gasteiger partial charge in [-0.1, -0.05) is 17.3 Å². The minimum atomic E-state index is -4.53. The van der Waals surface area contributed by atoms with E-state index in [0.29, 0.717) is 44.4 Å². The molecule has 168 valence electrons. The Bertz CT molecular complexity index is 1050. The Kier molecular flexibility index (Phi) is 6.47. The van der Waals surface area contributed by atoms with Gasteiger partial charge in [0.2, 0.25) is 17.6 Å². The summed E-state index contributed by atoms with van der Waals surface area (Å²) in [6.07, 6.45) is -1.20. The third-order valence-electron chi connectivity index (χ3n) is 5.09. The number of para-hydroxylation sites is 1. The molecule has 1 fully saturated rings. The number of aromatic nitrogens is 3. The van der Waals surface area contributed by atoms with Crippen molar-refractivity contribution in [1.82, 2.24) is 24.9 Å². The molecule has 1 aliphatic rings. The molecule has 1 N–H and O–H groups in total. The quantitative estimate of drug-likeness (QED) is 0.623. The molecule has 2 aromatic heterocycles. The fourth-order valence-corrected chi connectivity index (χ4v) is 3.46. The van der Waals surface area contributed by atoms with Crippen molar-refractivity contribution in [3.8, 4) is 11.4 Å². The number of rotatable bonds is 6. The number of halogens is 3. The van der Waals surface area contributed by atoms with Crippen LogP contribution < -0.4 is 5.32 Å². The molecule has 8 nitrogen and oxygen atoms in total. The minimum absolute atomic E-state index is 0.0196. The Balaban J connectivity index is 1.26. The number of hydrogen-bond donors (Lipinski definition) is 1. The third-order valence-corrected chi connectivity index (χ3v) is 5.09. The largest absolute Gasteiger partial charge is 0.418 e. The van der Waals surface area contributed by atoms with Gasteiger partial charge in [-0.05, 0) is 24.3 Å². The third kappa shape index (κ3) is 5.48. The van der Waals surface area contributed by atoms with Crippen LogP contribution in [0.2, 0.25) is 0 Å². The lowest BCUT2D eigenvalue weighted by Gasteiger charge is -2.33. The number of nitrogens with zero attached hydrogens (tertiary/aromatic N) is 5. The fraction of sp³-hybridized carbons (Fsp3) is 0.333. The van der Waals surface area contributed by atoms with Crippen LogP contribution in [0, 0.1) is 0 Å². The smallest absolute Gasteiger partial charge is 0.338 e. The highest BCUT2D eigenvalue weighted by Gasteiger charge is 2.33. The number of carbonyl (C=O) groups excluding carboxylic acids is 1. The standard InChI is InChI=1S/C21H21F3N6O2/c22-21(23,24)16-5-1-2-6-17(16)26-18(31)13-29-8-10-30(11-9-29)14-19-27-20(28-32-19)15-4-3-7-25-12-15/h1-7,12H,8-11,13-14H2,(H,26,31). The molecule has 3 aromatic rings. The second-order valence-electron chi connectivity index (χ2n) is 7.40. The Hall–Kier alpha value is -3.31. The van der Waals surface area contributed by atoms with Crippen molar-refractivity contribution in [3.63, 3.8) is 0 Å². The maximum Gasteiger partial charge on any atom is 0.418 e. The van der Waals surface area contributed by atoms with Crippen molar-refractivity contribution < 1.29 is 22.5 Å². The molecule has 4 rings (SSSR count). The molecule has 0 aliphatic carbocycles. The fourth-order valence-electron chi connectivity index (χ4n) is 3.46. The maximum atomic E-state index is 13.1. The predicted octanol–water partition coefficient (Wildman–Crippen LogP) is 2.91. The predicted molar refractivity (Wildman–Crippen MR) is 109 cm³/mol. The molecule has 11 heteroatoms. The van der Waals surface area contributed by atoms with Gasteiger partial charge in [-0.2, -0.15) is 18.2 Å². The monoisotopic (exact) mass is 446 g/mol. The van der Waals surface area contributed by atoms with E-state index in [1.165, 1.54) is 18.2 Å². The van der Waals surface area contributed by atoms with Gasteiger partial charge in [0, 0.05) is 44.1 Å². The summed E-state index contributed by atoms with van der Waals surface area (Å²) in [5.41, 5.74) is -0.321. The van der Waals surface area contributed by atoms with Crippen molar-refractivity contribution in [1.29, 1.82) is 0 Å². The van der Waals surface area contributed by atoms with Gasteiger partial charge in [0.1, 0.15) is 0 Å². The van der Waals surface area contributed by atoms with E-state index in [-0.39, 0.29) is 12.2 Å². The summed E-state index contributed by atoms with van der Waals surface area (Å²) >= 11 is 0.